The van der Waals surface area contributed by atoms with Crippen molar-refractivity contribution >= 4 is 24.1 Å². The van der Waals surface area contributed by atoms with E-state index in [1.165, 1.54) is 0 Å². The molecule has 1 amide bonds. The van der Waals surface area contributed by atoms with Crippen LogP contribution in [0.1, 0.15) is 47.4 Å². The average molecular weight is 285 g/mol. The maximum absolute atomic E-state index is 11.7. The summed E-state index contributed by atoms with van der Waals surface area (Å²) in [6.45, 7) is 4.28. The molecule has 0 heterocycles. The summed E-state index contributed by atoms with van der Waals surface area (Å²) in [4.78, 5) is 23.2. The first-order chi connectivity index (χ1) is 8.54. The van der Waals surface area contributed by atoms with Gasteiger partial charge in [0.1, 0.15) is 0 Å². The van der Waals surface area contributed by atoms with E-state index < -0.39 is 0 Å². The molecule has 1 aromatic carbocycles. The highest BCUT2D eigenvalue weighted by atomic mass is 35.5. The molecule has 0 aliphatic carbocycles. The first-order valence-electron chi connectivity index (χ1n) is 6.21. The molecule has 0 aliphatic rings. The molecule has 1 unspecified atom stereocenters. The molecule has 1 atom stereocenters. The zero-order chi connectivity index (χ0) is 13.5. The van der Waals surface area contributed by atoms with Gasteiger partial charge < -0.3 is 11.1 Å². The third kappa shape index (κ3) is 5.85. The predicted molar refractivity (Wildman–Crippen MR) is 78.9 cm³/mol. The maximum Gasteiger partial charge on any atom is 0.251 e. The number of Topliss-reactive ketones (excluding diaryl/α,β-unsaturated/α-hetero) is 1. The van der Waals surface area contributed by atoms with Crippen molar-refractivity contribution in [3.05, 3.63) is 35.4 Å². The summed E-state index contributed by atoms with van der Waals surface area (Å²) in [5.41, 5.74) is 6.80. The smallest absolute Gasteiger partial charge is 0.251 e. The lowest BCUT2D eigenvalue weighted by Crippen LogP contribution is -2.28. The van der Waals surface area contributed by atoms with Crippen LogP contribution in [0, 0.1) is 0 Å². The first-order valence-corrected chi connectivity index (χ1v) is 6.21. The van der Waals surface area contributed by atoms with Crippen LogP contribution in [-0.4, -0.2) is 24.3 Å². The zero-order valence-corrected chi connectivity index (χ0v) is 12.1. The molecule has 0 aliphatic heterocycles. The number of hydrogen-bond acceptors (Lipinski definition) is 3. The molecule has 3 N–H and O–H groups in total. The SMILES string of the molecule is CCC(=O)c1ccc(C(=O)NCCC(C)N)cc1.Cl. The van der Waals surface area contributed by atoms with Crippen molar-refractivity contribution < 1.29 is 9.59 Å². The molecule has 19 heavy (non-hydrogen) atoms. The Morgan fingerprint density at radius 1 is 1.21 bits per heavy atom. The molecular weight excluding hydrogens is 264 g/mol. The van der Waals surface area contributed by atoms with E-state index in [2.05, 4.69) is 5.32 Å². The quantitative estimate of drug-likeness (QED) is 0.787. The van der Waals surface area contributed by atoms with Crippen LogP contribution in [0.5, 0.6) is 0 Å². The van der Waals surface area contributed by atoms with E-state index in [4.69, 9.17) is 5.73 Å². The van der Waals surface area contributed by atoms with E-state index in [0.717, 1.165) is 6.42 Å². The standard InChI is InChI=1S/C14H20N2O2.ClH/c1-3-13(17)11-4-6-12(7-5-11)14(18)16-9-8-10(2)15;/h4-7,10H,3,8-9,15H2,1-2H3,(H,16,18);1H. The maximum atomic E-state index is 11.7. The summed E-state index contributed by atoms with van der Waals surface area (Å²) in [5.74, 6) is -0.0509. The van der Waals surface area contributed by atoms with Crippen molar-refractivity contribution in [2.24, 2.45) is 5.73 Å². The number of halogens is 1. The Kier molecular flexibility index (Phi) is 8.03. The van der Waals surface area contributed by atoms with Crippen molar-refractivity contribution in [3.63, 3.8) is 0 Å². The first kappa shape index (κ1) is 17.6. The second-order valence-corrected chi connectivity index (χ2v) is 4.38. The van der Waals surface area contributed by atoms with Crippen LogP contribution >= 0.6 is 12.4 Å². The highest BCUT2D eigenvalue weighted by Gasteiger charge is 2.07. The van der Waals surface area contributed by atoms with Crippen molar-refractivity contribution in [2.45, 2.75) is 32.7 Å². The average Bonchev–Trinajstić information content (AvgIpc) is 2.37. The minimum Gasteiger partial charge on any atom is -0.352 e. The second-order valence-electron chi connectivity index (χ2n) is 4.38. The fourth-order valence-corrected chi connectivity index (χ4v) is 1.53. The molecule has 4 nitrogen and oxygen atoms in total. The summed E-state index contributed by atoms with van der Waals surface area (Å²) in [5, 5.41) is 2.79. The van der Waals surface area contributed by atoms with Gasteiger partial charge in [-0.05, 0) is 25.5 Å². The van der Waals surface area contributed by atoms with Crippen LogP contribution in [0.15, 0.2) is 24.3 Å². The number of carbonyl (C=O) groups is 2. The van der Waals surface area contributed by atoms with Crippen molar-refractivity contribution in [3.8, 4) is 0 Å². The molecule has 5 heteroatoms. The van der Waals surface area contributed by atoms with Crippen LogP contribution in [-0.2, 0) is 0 Å². The number of ketones is 1. The molecule has 106 valence electrons. The Morgan fingerprint density at radius 2 is 1.74 bits per heavy atom. The summed E-state index contributed by atoms with van der Waals surface area (Å²) in [6.07, 6.45) is 1.22. The molecule has 0 radical (unpaired) electrons. The van der Waals surface area contributed by atoms with Crippen LogP contribution in [0.4, 0.5) is 0 Å². The van der Waals surface area contributed by atoms with E-state index in [1.807, 2.05) is 13.8 Å². The Hall–Kier alpha value is -1.39. The number of benzene rings is 1. The van der Waals surface area contributed by atoms with Crippen molar-refractivity contribution in [2.75, 3.05) is 6.54 Å². The van der Waals surface area contributed by atoms with Crippen LogP contribution in [0.3, 0.4) is 0 Å². The second kappa shape index (κ2) is 8.67. The van der Waals surface area contributed by atoms with Crippen LogP contribution < -0.4 is 11.1 Å². The Morgan fingerprint density at radius 3 is 2.21 bits per heavy atom. The monoisotopic (exact) mass is 284 g/mol. The van der Waals surface area contributed by atoms with Gasteiger partial charge in [0, 0.05) is 30.1 Å². The number of rotatable bonds is 6. The van der Waals surface area contributed by atoms with Gasteiger partial charge in [-0.1, -0.05) is 19.1 Å². The summed E-state index contributed by atoms with van der Waals surface area (Å²) in [6, 6.07) is 6.79. The van der Waals surface area contributed by atoms with Gasteiger partial charge >= 0.3 is 0 Å². The lowest BCUT2D eigenvalue weighted by molar-refractivity contribution is 0.0949. The fourth-order valence-electron chi connectivity index (χ4n) is 1.53. The molecule has 0 bridgehead atoms. The normalized spacial score (nSPS) is 11.3. The van der Waals surface area contributed by atoms with Gasteiger partial charge in [-0.3, -0.25) is 9.59 Å². The number of amides is 1. The van der Waals surface area contributed by atoms with Gasteiger partial charge in [-0.2, -0.15) is 0 Å². The van der Waals surface area contributed by atoms with E-state index in [9.17, 15) is 9.59 Å². The molecule has 1 aromatic rings. The highest BCUT2D eigenvalue weighted by Crippen LogP contribution is 2.07. The third-order valence-electron chi connectivity index (χ3n) is 2.68. The summed E-state index contributed by atoms with van der Waals surface area (Å²) < 4.78 is 0. The number of hydrogen-bond donors (Lipinski definition) is 2. The zero-order valence-electron chi connectivity index (χ0n) is 11.3. The van der Waals surface area contributed by atoms with Gasteiger partial charge in [-0.25, -0.2) is 0 Å². The van der Waals surface area contributed by atoms with E-state index in [1.54, 1.807) is 24.3 Å². The van der Waals surface area contributed by atoms with Crippen molar-refractivity contribution in [1.29, 1.82) is 0 Å². The number of nitrogens with one attached hydrogen (secondary N) is 1. The molecule has 1 rings (SSSR count). The molecule has 0 saturated carbocycles. The largest absolute Gasteiger partial charge is 0.352 e. The van der Waals surface area contributed by atoms with Gasteiger partial charge in [0.25, 0.3) is 5.91 Å². The topological polar surface area (TPSA) is 72.2 Å². The van der Waals surface area contributed by atoms with Crippen LogP contribution in [0.25, 0.3) is 0 Å². The van der Waals surface area contributed by atoms with Gasteiger partial charge in [0.2, 0.25) is 0 Å². The number of nitrogens with two attached hydrogens (primary N) is 1. The Bertz CT molecular complexity index is 416. The molecule has 0 spiro atoms. The van der Waals surface area contributed by atoms with Gasteiger partial charge in [-0.15, -0.1) is 12.4 Å². The van der Waals surface area contributed by atoms with E-state index in [0.29, 0.717) is 24.1 Å². The fraction of sp³-hybridized carbons (Fsp3) is 0.429. The van der Waals surface area contributed by atoms with Gasteiger partial charge in [0.15, 0.2) is 5.78 Å². The predicted octanol–water partition coefficient (Wildman–Crippen LogP) is 2.17. The van der Waals surface area contributed by atoms with E-state index >= 15 is 0 Å². The lowest BCUT2D eigenvalue weighted by atomic mass is 10.1. The Labute approximate surface area is 120 Å². The highest BCUT2D eigenvalue weighted by molar-refractivity contribution is 5.98. The number of carbonyl (C=O) groups excluding carboxylic acids is 2. The van der Waals surface area contributed by atoms with Crippen molar-refractivity contribution in [1.82, 2.24) is 5.32 Å². The summed E-state index contributed by atoms with van der Waals surface area (Å²) >= 11 is 0. The lowest BCUT2D eigenvalue weighted by Gasteiger charge is -2.07. The van der Waals surface area contributed by atoms with Crippen LogP contribution in [0.2, 0.25) is 0 Å². The molecule has 0 fully saturated rings. The molecule has 0 aromatic heterocycles. The Balaban J connectivity index is 0.00000324. The van der Waals surface area contributed by atoms with Gasteiger partial charge in [0.05, 0.1) is 0 Å². The van der Waals surface area contributed by atoms with E-state index in [-0.39, 0.29) is 30.1 Å². The molecule has 0 saturated heterocycles. The third-order valence-corrected chi connectivity index (χ3v) is 2.68. The minimum absolute atomic E-state index is 0. The summed E-state index contributed by atoms with van der Waals surface area (Å²) in [7, 11) is 0. The minimum atomic E-state index is -0.133. The molecular formula is C14H21ClN2O2.